The molecule has 0 bridgehead atoms. The highest BCUT2D eigenvalue weighted by Gasteiger charge is 2.26. The van der Waals surface area contributed by atoms with Crippen LogP contribution in [-0.4, -0.2) is 74.6 Å². The Hall–Kier alpha value is -2.41. The molecule has 1 amide bonds. The van der Waals surface area contributed by atoms with Crippen molar-refractivity contribution in [2.75, 3.05) is 46.9 Å². The number of rotatable bonds is 45. The fourth-order valence-electron chi connectivity index (χ4n) is 7.72. The number of allylic oxidation sites excluding steroid dienone is 6. The second kappa shape index (κ2) is 45.6. The van der Waals surface area contributed by atoms with Gasteiger partial charge in [0, 0.05) is 37.8 Å². The van der Waals surface area contributed by atoms with Gasteiger partial charge in [-0.05, 0) is 111 Å². The van der Waals surface area contributed by atoms with Crippen LogP contribution in [0.1, 0.15) is 233 Å². The van der Waals surface area contributed by atoms with Crippen LogP contribution < -0.4 is 0 Å². The molecule has 0 aromatic heterocycles. The van der Waals surface area contributed by atoms with Gasteiger partial charge >= 0.3 is 11.9 Å². The summed E-state index contributed by atoms with van der Waals surface area (Å²) in [6.45, 7) is 11.1. The molecule has 0 rings (SSSR count). The van der Waals surface area contributed by atoms with Crippen LogP contribution in [0.2, 0.25) is 0 Å². The number of esters is 2. The minimum atomic E-state index is -0.261. The molecule has 7 nitrogen and oxygen atoms in total. The molecule has 0 saturated carbocycles. The number of hydrogen-bond donors (Lipinski definition) is 0. The Morgan fingerprint density at radius 2 is 0.885 bits per heavy atom. The lowest BCUT2D eigenvalue weighted by Gasteiger charge is -2.31. The summed E-state index contributed by atoms with van der Waals surface area (Å²) in [5, 5.41) is 0. The zero-order chi connectivity index (χ0) is 44.9. The molecule has 0 spiro atoms. The summed E-state index contributed by atoms with van der Waals surface area (Å²) in [6, 6.07) is 0. The van der Waals surface area contributed by atoms with Gasteiger partial charge in [0.1, 0.15) is 0 Å². The first-order valence-corrected chi connectivity index (χ1v) is 26.0. The van der Waals surface area contributed by atoms with Gasteiger partial charge in [0.25, 0.3) is 0 Å². The summed E-state index contributed by atoms with van der Waals surface area (Å²) < 4.78 is 11.7. The van der Waals surface area contributed by atoms with Crippen molar-refractivity contribution in [3.63, 3.8) is 0 Å². The molecule has 0 radical (unpaired) electrons. The minimum absolute atomic E-state index is 0.0175. The third-order valence-corrected chi connectivity index (χ3v) is 11.8. The van der Waals surface area contributed by atoms with Crippen LogP contribution in [0, 0.1) is 11.8 Å². The van der Waals surface area contributed by atoms with Crippen molar-refractivity contribution in [1.82, 2.24) is 9.80 Å². The van der Waals surface area contributed by atoms with E-state index in [1.165, 1.54) is 96.3 Å². The molecule has 0 aliphatic carbocycles. The summed E-state index contributed by atoms with van der Waals surface area (Å²) >= 11 is 0. The molecule has 7 heteroatoms. The van der Waals surface area contributed by atoms with E-state index in [0.717, 1.165) is 103 Å². The number of carbonyl (C=O) groups is 3. The first-order valence-electron chi connectivity index (χ1n) is 26.0. The third kappa shape index (κ3) is 40.1. The lowest BCUT2D eigenvalue weighted by atomic mass is 9.96. The zero-order valence-electron chi connectivity index (χ0n) is 41.2. The van der Waals surface area contributed by atoms with E-state index in [9.17, 15) is 14.4 Å². The van der Waals surface area contributed by atoms with Gasteiger partial charge < -0.3 is 19.3 Å². The number of nitrogens with zero attached hydrogens (tertiary/aromatic N) is 2. The highest BCUT2D eigenvalue weighted by Crippen LogP contribution is 2.20. The van der Waals surface area contributed by atoms with E-state index in [1.807, 2.05) is 4.90 Å². The fourth-order valence-corrected chi connectivity index (χ4v) is 7.72. The van der Waals surface area contributed by atoms with Gasteiger partial charge in [-0.25, -0.2) is 0 Å². The molecular weight excluding hydrogens is 757 g/mol. The van der Waals surface area contributed by atoms with Crippen LogP contribution in [0.4, 0.5) is 0 Å². The quantitative estimate of drug-likeness (QED) is 0.0345. The van der Waals surface area contributed by atoms with Crippen molar-refractivity contribution < 1.29 is 23.9 Å². The van der Waals surface area contributed by atoms with E-state index >= 15 is 0 Å². The summed E-state index contributed by atoms with van der Waals surface area (Å²) in [7, 11) is 4.11. The smallest absolute Gasteiger partial charge is 0.305 e. The maximum Gasteiger partial charge on any atom is 0.305 e. The standard InChI is InChI=1S/C54H100N2O5/c1-7-11-14-16-18-20-22-24-26-28-30-32-34-36-39-43-52(57)60-48-50(47-56(46-41-45-55(5)6)54(59)51(10-4)42-38-13-9-3)49-61-53(58)44-40-37-35-33-31-29-27-25-23-21-19-17-15-12-8-2/h18,20,24-27,50-51H,7-17,19,21-23,28-49H2,1-6H3/b20-18-,26-24-,27-25-. The van der Waals surface area contributed by atoms with Gasteiger partial charge in [0.15, 0.2) is 0 Å². The predicted octanol–water partition coefficient (Wildman–Crippen LogP) is 14.9. The lowest BCUT2D eigenvalue weighted by Crippen LogP contribution is -2.43. The van der Waals surface area contributed by atoms with Crippen molar-refractivity contribution in [2.45, 2.75) is 233 Å². The molecule has 0 saturated heterocycles. The fraction of sp³-hybridized carbons (Fsp3) is 0.833. The Morgan fingerprint density at radius 3 is 1.36 bits per heavy atom. The molecule has 61 heavy (non-hydrogen) atoms. The normalized spacial score (nSPS) is 12.9. The van der Waals surface area contributed by atoms with Gasteiger partial charge in [-0.3, -0.25) is 14.4 Å². The Labute approximate surface area is 378 Å². The lowest BCUT2D eigenvalue weighted by molar-refractivity contribution is -0.150. The first-order chi connectivity index (χ1) is 29.8. The average molecular weight is 857 g/mol. The Morgan fingerprint density at radius 1 is 0.475 bits per heavy atom. The molecular formula is C54H100N2O5. The summed E-state index contributed by atoms with van der Waals surface area (Å²) in [4.78, 5) is 43.9. The molecule has 0 aliphatic rings. The molecule has 0 aromatic rings. The predicted molar refractivity (Wildman–Crippen MR) is 262 cm³/mol. The van der Waals surface area contributed by atoms with Crippen LogP contribution in [0.5, 0.6) is 0 Å². The molecule has 0 aromatic carbocycles. The van der Waals surface area contributed by atoms with Crippen molar-refractivity contribution >= 4 is 17.8 Å². The number of amides is 1. The molecule has 2 unspecified atom stereocenters. The number of hydrogen-bond acceptors (Lipinski definition) is 6. The van der Waals surface area contributed by atoms with Crippen molar-refractivity contribution in [3.05, 3.63) is 36.5 Å². The summed E-state index contributed by atoms with van der Waals surface area (Å²) in [5.74, 6) is -0.500. The second-order valence-corrected chi connectivity index (χ2v) is 18.1. The molecule has 0 fully saturated rings. The monoisotopic (exact) mass is 857 g/mol. The highest BCUT2D eigenvalue weighted by atomic mass is 16.5. The van der Waals surface area contributed by atoms with E-state index < -0.39 is 0 Å². The van der Waals surface area contributed by atoms with E-state index in [-0.39, 0.29) is 42.9 Å². The summed E-state index contributed by atoms with van der Waals surface area (Å²) in [6.07, 6.45) is 48.9. The van der Waals surface area contributed by atoms with Gasteiger partial charge in [-0.2, -0.15) is 0 Å². The molecule has 356 valence electrons. The van der Waals surface area contributed by atoms with Gasteiger partial charge in [0.05, 0.1) is 13.2 Å². The largest absolute Gasteiger partial charge is 0.465 e. The molecule has 0 heterocycles. The van der Waals surface area contributed by atoms with E-state index in [0.29, 0.717) is 25.9 Å². The Balaban J connectivity index is 4.94. The van der Waals surface area contributed by atoms with Crippen LogP contribution in [0.25, 0.3) is 0 Å². The van der Waals surface area contributed by atoms with Crippen molar-refractivity contribution in [1.29, 1.82) is 0 Å². The van der Waals surface area contributed by atoms with Gasteiger partial charge in [-0.15, -0.1) is 0 Å². The topological polar surface area (TPSA) is 76.2 Å². The van der Waals surface area contributed by atoms with Crippen molar-refractivity contribution in [3.8, 4) is 0 Å². The third-order valence-electron chi connectivity index (χ3n) is 11.8. The van der Waals surface area contributed by atoms with E-state index in [2.05, 4.69) is 83.1 Å². The minimum Gasteiger partial charge on any atom is -0.465 e. The van der Waals surface area contributed by atoms with Crippen LogP contribution in [0.3, 0.4) is 0 Å². The maximum absolute atomic E-state index is 14.0. The molecule has 2 atom stereocenters. The van der Waals surface area contributed by atoms with Crippen LogP contribution in [-0.2, 0) is 23.9 Å². The SMILES string of the molecule is CCCCC/C=C\C/C=C\CCCCCCCC(=O)OCC(COC(=O)CCCCCCC/C=C\CCCCCCCC)CN(CCCN(C)C)C(=O)C(CC)CCCCC. The maximum atomic E-state index is 14.0. The molecule has 0 N–H and O–H groups in total. The molecule has 0 aliphatic heterocycles. The van der Waals surface area contributed by atoms with Crippen molar-refractivity contribution in [2.24, 2.45) is 11.8 Å². The summed E-state index contributed by atoms with van der Waals surface area (Å²) in [5.41, 5.74) is 0. The van der Waals surface area contributed by atoms with E-state index in [1.54, 1.807) is 0 Å². The Kier molecular flexibility index (Phi) is 43.8. The Bertz CT molecular complexity index is 1090. The van der Waals surface area contributed by atoms with Crippen LogP contribution in [0.15, 0.2) is 36.5 Å². The number of ether oxygens (including phenoxy) is 2. The van der Waals surface area contributed by atoms with E-state index in [4.69, 9.17) is 9.47 Å². The second-order valence-electron chi connectivity index (χ2n) is 18.1. The highest BCUT2D eigenvalue weighted by molar-refractivity contribution is 5.78. The van der Waals surface area contributed by atoms with Gasteiger partial charge in [-0.1, -0.05) is 167 Å². The first kappa shape index (κ1) is 58.6. The number of carbonyl (C=O) groups excluding carboxylic acids is 3. The van der Waals surface area contributed by atoms with Crippen LogP contribution >= 0.6 is 0 Å². The zero-order valence-corrected chi connectivity index (χ0v) is 41.2. The average Bonchev–Trinajstić information content (AvgIpc) is 3.25. The van der Waals surface area contributed by atoms with Gasteiger partial charge in [0.2, 0.25) is 5.91 Å². The number of unbranched alkanes of at least 4 members (excludes halogenated alkanes) is 21.